The third-order valence-electron chi connectivity index (χ3n) is 4.45. The summed E-state index contributed by atoms with van der Waals surface area (Å²) in [5, 5.41) is 5.89. The van der Waals surface area contributed by atoms with Crippen molar-refractivity contribution in [2.45, 2.75) is 13.8 Å². The van der Waals surface area contributed by atoms with Crippen LogP contribution < -0.4 is 10.6 Å². The molecule has 27 heavy (non-hydrogen) atoms. The van der Waals surface area contributed by atoms with Crippen molar-refractivity contribution in [1.29, 1.82) is 0 Å². The van der Waals surface area contributed by atoms with Crippen LogP contribution in [0.4, 0.5) is 17.2 Å². The van der Waals surface area contributed by atoms with E-state index in [-0.39, 0.29) is 11.8 Å². The van der Waals surface area contributed by atoms with E-state index < -0.39 is 0 Å². The molecule has 1 fully saturated rings. The van der Waals surface area contributed by atoms with E-state index in [0.29, 0.717) is 30.3 Å². The van der Waals surface area contributed by atoms with Gasteiger partial charge in [0.1, 0.15) is 17.8 Å². The average Bonchev–Trinajstić information content (AvgIpc) is 2.67. The minimum absolute atomic E-state index is 0.0804. The third kappa shape index (κ3) is 5.01. The fourth-order valence-corrected chi connectivity index (χ4v) is 3.00. The van der Waals surface area contributed by atoms with Gasteiger partial charge in [0.05, 0.1) is 0 Å². The molecule has 0 bridgehead atoms. The number of nitrogens with one attached hydrogen (secondary N) is 2. The predicted octanol–water partition coefficient (Wildman–Crippen LogP) is 1.96. The van der Waals surface area contributed by atoms with Crippen LogP contribution in [0.3, 0.4) is 0 Å². The van der Waals surface area contributed by atoms with Gasteiger partial charge in [0.25, 0.3) is 5.91 Å². The van der Waals surface area contributed by atoms with Crippen LogP contribution in [0.15, 0.2) is 36.7 Å². The highest BCUT2D eigenvalue weighted by Gasteiger charge is 2.22. The van der Waals surface area contributed by atoms with E-state index in [1.165, 1.54) is 13.3 Å². The highest BCUT2D eigenvalue weighted by Crippen LogP contribution is 2.19. The SMILES string of the molecule is CCN1CCN(C(=O)c2cc(Nc3cccc(NC(C)=O)c3)ncn2)CC1. The van der Waals surface area contributed by atoms with E-state index >= 15 is 0 Å². The van der Waals surface area contributed by atoms with Gasteiger partial charge in [0.15, 0.2) is 0 Å². The van der Waals surface area contributed by atoms with Gasteiger partial charge in [-0.05, 0) is 24.7 Å². The third-order valence-corrected chi connectivity index (χ3v) is 4.45. The van der Waals surface area contributed by atoms with Crippen LogP contribution in [-0.4, -0.2) is 64.3 Å². The van der Waals surface area contributed by atoms with E-state index in [9.17, 15) is 9.59 Å². The minimum atomic E-state index is -0.134. The summed E-state index contributed by atoms with van der Waals surface area (Å²) in [5.74, 6) is 0.314. The lowest BCUT2D eigenvalue weighted by molar-refractivity contribution is -0.114. The number of hydrogen-bond donors (Lipinski definition) is 2. The monoisotopic (exact) mass is 368 g/mol. The summed E-state index contributed by atoms with van der Waals surface area (Å²) in [5.41, 5.74) is 1.82. The molecule has 0 saturated carbocycles. The van der Waals surface area contributed by atoms with Crippen LogP contribution in [0.25, 0.3) is 0 Å². The molecular formula is C19H24N6O2. The van der Waals surface area contributed by atoms with E-state index in [2.05, 4.69) is 32.4 Å². The maximum Gasteiger partial charge on any atom is 0.272 e. The quantitative estimate of drug-likeness (QED) is 0.838. The first-order valence-corrected chi connectivity index (χ1v) is 9.03. The lowest BCUT2D eigenvalue weighted by Gasteiger charge is -2.33. The van der Waals surface area contributed by atoms with Gasteiger partial charge in [0, 0.05) is 50.5 Å². The molecule has 1 aromatic carbocycles. The number of anilines is 3. The zero-order valence-corrected chi connectivity index (χ0v) is 15.6. The first-order valence-electron chi connectivity index (χ1n) is 9.03. The number of benzene rings is 1. The minimum Gasteiger partial charge on any atom is -0.340 e. The smallest absolute Gasteiger partial charge is 0.272 e. The number of nitrogens with zero attached hydrogens (tertiary/aromatic N) is 4. The normalized spacial score (nSPS) is 14.7. The fraction of sp³-hybridized carbons (Fsp3) is 0.368. The Labute approximate surface area is 158 Å². The average molecular weight is 368 g/mol. The number of amides is 2. The summed E-state index contributed by atoms with van der Waals surface area (Å²) in [6.45, 7) is 7.77. The Morgan fingerprint density at radius 1 is 1.07 bits per heavy atom. The van der Waals surface area contributed by atoms with Crippen molar-refractivity contribution in [1.82, 2.24) is 19.8 Å². The van der Waals surface area contributed by atoms with Gasteiger partial charge < -0.3 is 20.4 Å². The van der Waals surface area contributed by atoms with E-state index in [1.54, 1.807) is 18.2 Å². The van der Waals surface area contributed by atoms with Crippen molar-refractivity contribution < 1.29 is 9.59 Å². The molecule has 2 N–H and O–H groups in total. The topological polar surface area (TPSA) is 90.5 Å². The zero-order chi connectivity index (χ0) is 19.2. The summed E-state index contributed by atoms with van der Waals surface area (Å²) in [6.07, 6.45) is 1.38. The second-order valence-corrected chi connectivity index (χ2v) is 6.40. The van der Waals surface area contributed by atoms with Gasteiger partial charge in [-0.1, -0.05) is 13.0 Å². The van der Waals surface area contributed by atoms with Crippen LogP contribution >= 0.6 is 0 Å². The highest BCUT2D eigenvalue weighted by atomic mass is 16.2. The van der Waals surface area contributed by atoms with E-state index in [4.69, 9.17) is 0 Å². The number of aromatic nitrogens is 2. The molecule has 0 aliphatic carbocycles. The first kappa shape index (κ1) is 18.8. The Morgan fingerprint density at radius 2 is 1.81 bits per heavy atom. The second kappa shape index (κ2) is 8.59. The summed E-state index contributed by atoms with van der Waals surface area (Å²) in [6, 6.07) is 8.94. The Kier molecular flexibility index (Phi) is 5.97. The van der Waals surface area contributed by atoms with Crippen molar-refractivity contribution in [2.75, 3.05) is 43.4 Å². The molecule has 3 rings (SSSR count). The van der Waals surface area contributed by atoms with Gasteiger partial charge >= 0.3 is 0 Å². The van der Waals surface area contributed by atoms with Crippen molar-refractivity contribution in [2.24, 2.45) is 0 Å². The van der Waals surface area contributed by atoms with Crippen molar-refractivity contribution in [3.63, 3.8) is 0 Å². The molecule has 2 aromatic rings. The number of piperazine rings is 1. The highest BCUT2D eigenvalue weighted by molar-refractivity contribution is 5.93. The number of hydrogen-bond acceptors (Lipinski definition) is 6. The fourth-order valence-electron chi connectivity index (χ4n) is 3.00. The Morgan fingerprint density at radius 3 is 2.52 bits per heavy atom. The molecule has 0 atom stereocenters. The molecule has 142 valence electrons. The molecular weight excluding hydrogens is 344 g/mol. The van der Waals surface area contributed by atoms with Crippen LogP contribution in [0, 0.1) is 0 Å². The molecule has 0 unspecified atom stereocenters. The molecule has 1 aromatic heterocycles. The van der Waals surface area contributed by atoms with E-state index in [1.807, 2.05) is 17.0 Å². The van der Waals surface area contributed by atoms with Gasteiger partial charge in [-0.15, -0.1) is 0 Å². The van der Waals surface area contributed by atoms with Crippen molar-refractivity contribution in [3.05, 3.63) is 42.4 Å². The van der Waals surface area contributed by atoms with Crippen LogP contribution in [-0.2, 0) is 4.79 Å². The number of likely N-dealkylation sites (N-methyl/N-ethyl adjacent to an activating group) is 1. The lowest BCUT2D eigenvalue weighted by atomic mass is 10.2. The molecule has 8 nitrogen and oxygen atoms in total. The van der Waals surface area contributed by atoms with Gasteiger partial charge in [-0.25, -0.2) is 9.97 Å². The first-order chi connectivity index (χ1) is 13.0. The largest absolute Gasteiger partial charge is 0.340 e. The number of rotatable bonds is 5. The Balaban J connectivity index is 1.69. The van der Waals surface area contributed by atoms with Crippen LogP contribution in [0.5, 0.6) is 0 Å². The molecule has 0 spiro atoms. The molecule has 8 heteroatoms. The summed E-state index contributed by atoms with van der Waals surface area (Å²) in [4.78, 5) is 36.4. The molecule has 1 aliphatic heterocycles. The standard InChI is InChI=1S/C19H24N6O2/c1-3-24-7-9-25(10-8-24)19(27)17-12-18(21-13-20-17)23-16-6-4-5-15(11-16)22-14(2)26/h4-6,11-13H,3,7-10H2,1-2H3,(H,22,26)(H,20,21,23). The van der Waals surface area contributed by atoms with Crippen molar-refractivity contribution >= 4 is 29.0 Å². The summed E-state index contributed by atoms with van der Waals surface area (Å²) < 4.78 is 0. The maximum atomic E-state index is 12.7. The predicted molar refractivity (Wildman–Crippen MR) is 104 cm³/mol. The van der Waals surface area contributed by atoms with E-state index in [0.717, 1.165) is 25.3 Å². The molecule has 0 radical (unpaired) electrons. The second-order valence-electron chi connectivity index (χ2n) is 6.40. The summed E-state index contributed by atoms with van der Waals surface area (Å²) >= 11 is 0. The maximum absolute atomic E-state index is 12.7. The van der Waals surface area contributed by atoms with Gasteiger partial charge in [-0.2, -0.15) is 0 Å². The Bertz CT molecular complexity index is 817. The number of carbonyl (C=O) groups excluding carboxylic acids is 2. The number of carbonyl (C=O) groups is 2. The molecule has 2 heterocycles. The van der Waals surface area contributed by atoms with Crippen molar-refractivity contribution in [3.8, 4) is 0 Å². The lowest BCUT2D eigenvalue weighted by Crippen LogP contribution is -2.48. The van der Waals surface area contributed by atoms with Crippen LogP contribution in [0.1, 0.15) is 24.3 Å². The van der Waals surface area contributed by atoms with Gasteiger partial charge in [0.2, 0.25) is 5.91 Å². The molecule has 2 amide bonds. The van der Waals surface area contributed by atoms with Gasteiger partial charge in [-0.3, -0.25) is 9.59 Å². The molecule has 1 aliphatic rings. The van der Waals surface area contributed by atoms with Crippen LogP contribution in [0.2, 0.25) is 0 Å². The zero-order valence-electron chi connectivity index (χ0n) is 15.6. The Hall–Kier alpha value is -3.00. The molecule has 1 saturated heterocycles. The summed E-state index contributed by atoms with van der Waals surface area (Å²) in [7, 11) is 0.